The highest BCUT2D eigenvalue weighted by molar-refractivity contribution is 14.1. The SMILES string of the molecule is CC(C)(C)OC(=O)N[C@H](I)C(=O)OC1CCCC1. The van der Waals surface area contributed by atoms with Crippen molar-refractivity contribution in [2.24, 2.45) is 0 Å². The molecule has 1 N–H and O–H groups in total. The zero-order valence-electron chi connectivity index (χ0n) is 11.0. The van der Waals surface area contributed by atoms with Crippen molar-refractivity contribution in [3.05, 3.63) is 0 Å². The van der Waals surface area contributed by atoms with Gasteiger partial charge in [-0.3, -0.25) is 5.32 Å². The van der Waals surface area contributed by atoms with Crippen LogP contribution in [-0.2, 0) is 14.3 Å². The van der Waals surface area contributed by atoms with Crippen LogP contribution in [0.15, 0.2) is 0 Å². The molecule has 1 saturated carbocycles. The zero-order chi connectivity index (χ0) is 13.8. The van der Waals surface area contributed by atoms with Gasteiger partial charge in [0.05, 0.1) is 0 Å². The second kappa shape index (κ2) is 6.58. The molecule has 0 bridgehead atoms. The fraction of sp³-hybridized carbons (Fsp3) is 0.833. The summed E-state index contributed by atoms with van der Waals surface area (Å²) in [4.78, 5) is 23.2. The second-order valence-electron chi connectivity index (χ2n) is 5.35. The highest BCUT2D eigenvalue weighted by atomic mass is 127. The smallest absolute Gasteiger partial charge is 0.408 e. The molecule has 0 aromatic rings. The Morgan fingerprint density at radius 2 is 1.83 bits per heavy atom. The van der Waals surface area contributed by atoms with Gasteiger partial charge in [-0.05, 0) is 69.0 Å². The van der Waals surface area contributed by atoms with Crippen LogP contribution in [0.1, 0.15) is 46.5 Å². The molecule has 0 radical (unpaired) electrons. The second-order valence-corrected chi connectivity index (χ2v) is 6.60. The molecule has 18 heavy (non-hydrogen) atoms. The maximum atomic E-state index is 11.7. The summed E-state index contributed by atoms with van der Waals surface area (Å²) in [6, 6.07) is 0. The van der Waals surface area contributed by atoms with Crippen molar-refractivity contribution in [1.82, 2.24) is 5.32 Å². The monoisotopic (exact) mass is 369 g/mol. The molecule has 0 saturated heterocycles. The van der Waals surface area contributed by atoms with E-state index in [1.54, 1.807) is 20.8 Å². The number of halogens is 1. The minimum absolute atomic E-state index is 0.00945. The van der Waals surface area contributed by atoms with Crippen molar-refractivity contribution in [3.63, 3.8) is 0 Å². The Morgan fingerprint density at radius 1 is 1.28 bits per heavy atom. The Hall–Kier alpha value is -0.530. The minimum Gasteiger partial charge on any atom is -0.460 e. The Balaban J connectivity index is 2.32. The van der Waals surface area contributed by atoms with Crippen molar-refractivity contribution in [3.8, 4) is 0 Å². The molecule has 0 aromatic heterocycles. The first kappa shape index (κ1) is 15.5. The molecule has 1 aliphatic carbocycles. The number of esters is 1. The fourth-order valence-corrected chi connectivity index (χ4v) is 2.10. The summed E-state index contributed by atoms with van der Waals surface area (Å²) in [5, 5.41) is 2.46. The predicted molar refractivity (Wildman–Crippen MR) is 75.5 cm³/mol. The van der Waals surface area contributed by atoms with Crippen LogP contribution in [-0.4, -0.2) is 27.8 Å². The van der Waals surface area contributed by atoms with E-state index in [-0.39, 0.29) is 6.10 Å². The number of hydrogen-bond donors (Lipinski definition) is 1. The van der Waals surface area contributed by atoms with Crippen molar-refractivity contribution >= 4 is 34.7 Å². The number of amides is 1. The maximum absolute atomic E-state index is 11.7. The van der Waals surface area contributed by atoms with Crippen LogP contribution in [0.25, 0.3) is 0 Å². The van der Waals surface area contributed by atoms with Crippen LogP contribution in [0.5, 0.6) is 0 Å². The van der Waals surface area contributed by atoms with E-state index in [2.05, 4.69) is 5.32 Å². The van der Waals surface area contributed by atoms with Gasteiger partial charge in [-0.15, -0.1) is 0 Å². The van der Waals surface area contributed by atoms with E-state index in [0.29, 0.717) is 0 Å². The summed E-state index contributed by atoms with van der Waals surface area (Å²) in [5.41, 5.74) is -0.574. The number of nitrogens with one attached hydrogen (secondary N) is 1. The molecule has 6 heteroatoms. The van der Waals surface area contributed by atoms with Gasteiger partial charge in [-0.1, -0.05) is 0 Å². The number of ether oxygens (including phenoxy) is 2. The highest BCUT2D eigenvalue weighted by Crippen LogP contribution is 2.21. The molecule has 1 amide bonds. The number of alkyl halides is 1. The first-order chi connectivity index (χ1) is 8.28. The molecule has 1 fully saturated rings. The summed E-state index contributed by atoms with van der Waals surface area (Å²) in [6.07, 6.45) is 3.44. The number of carbonyl (C=O) groups is 2. The predicted octanol–water partition coefficient (Wildman–Crippen LogP) is 2.76. The van der Waals surface area contributed by atoms with Gasteiger partial charge in [0.1, 0.15) is 11.7 Å². The standard InChI is InChI=1S/C12H20INO4/c1-12(2,3)18-11(16)14-9(13)10(15)17-8-6-4-5-7-8/h8-9H,4-7H2,1-3H3,(H,14,16)/t9-/m0/s1. The summed E-state index contributed by atoms with van der Waals surface area (Å²) in [6.45, 7) is 5.31. The van der Waals surface area contributed by atoms with Crippen molar-refractivity contribution in [2.45, 2.75) is 62.2 Å². The topological polar surface area (TPSA) is 64.6 Å². The van der Waals surface area contributed by atoms with Gasteiger partial charge in [0.2, 0.25) is 0 Å². The molecular formula is C12H20INO4. The third-order valence-electron chi connectivity index (χ3n) is 2.44. The molecule has 0 unspecified atom stereocenters. The third kappa shape index (κ3) is 5.88. The normalized spacial score (nSPS) is 18.2. The number of rotatable bonds is 3. The quantitative estimate of drug-likeness (QED) is 0.360. The average Bonchev–Trinajstić information content (AvgIpc) is 2.66. The average molecular weight is 369 g/mol. The van der Waals surface area contributed by atoms with E-state index < -0.39 is 21.7 Å². The fourth-order valence-electron chi connectivity index (χ4n) is 1.70. The van der Waals surface area contributed by atoms with Gasteiger partial charge in [-0.2, -0.15) is 0 Å². The molecular weight excluding hydrogens is 349 g/mol. The molecule has 1 aliphatic rings. The lowest BCUT2D eigenvalue weighted by atomic mass is 10.2. The highest BCUT2D eigenvalue weighted by Gasteiger charge is 2.26. The van der Waals surface area contributed by atoms with E-state index in [1.165, 1.54) is 0 Å². The molecule has 0 aromatic carbocycles. The Kier molecular flexibility index (Phi) is 5.68. The Morgan fingerprint density at radius 3 is 2.33 bits per heavy atom. The number of alkyl carbamates (subject to hydrolysis) is 1. The van der Waals surface area contributed by atoms with E-state index in [0.717, 1.165) is 25.7 Å². The Bertz CT molecular complexity index is 308. The summed E-state index contributed by atoms with van der Waals surface area (Å²) >= 11 is 1.83. The lowest BCUT2D eigenvalue weighted by molar-refractivity contribution is -0.148. The van der Waals surface area contributed by atoms with Crippen LogP contribution >= 0.6 is 22.6 Å². The Labute approximate surface area is 121 Å². The lowest BCUT2D eigenvalue weighted by Gasteiger charge is -2.21. The summed E-state index contributed by atoms with van der Waals surface area (Å²) in [5.74, 6) is -0.409. The summed E-state index contributed by atoms with van der Waals surface area (Å²) in [7, 11) is 0. The van der Waals surface area contributed by atoms with Gasteiger partial charge in [-0.25, -0.2) is 9.59 Å². The van der Waals surface area contributed by atoms with Gasteiger partial charge in [0, 0.05) is 0 Å². The first-order valence-electron chi connectivity index (χ1n) is 6.12. The zero-order valence-corrected chi connectivity index (χ0v) is 13.2. The van der Waals surface area contributed by atoms with Gasteiger partial charge in [0.15, 0.2) is 4.05 Å². The molecule has 0 aliphatic heterocycles. The summed E-state index contributed by atoms with van der Waals surface area (Å²) < 4.78 is 9.64. The van der Waals surface area contributed by atoms with Gasteiger partial charge < -0.3 is 9.47 Å². The minimum atomic E-state index is -0.710. The molecule has 1 atom stereocenters. The van der Waals surface area contributed by atoms with Crippen molar-refractivity contribution in [2.75, 3.05) is 0 Å². The largest absolute Gasteiger partial charge is 0.460 e. The number of carbonyl (C=O) groups excluding carboxylic acids is 2. The van der Waals surface area contributed by atoms with Gasteiger partial charge in [0.25, 0.3) is 0 Å². The maximum Gasteiger partial charge on any atom is 0.408 e. The van der Waals surface area contributed by atoms with Crippen molar-refractivity contribution < 1.29 is 19.1 Å². The molecule has 0 spiro atoms. The van der Waals surface area contributed by atoms with Crippen LogP contribution in [0.3, 0.4) is 0 Å². The lowest BCUT2D eigenvalue weighted by Crippen LogP contribution is -2.41. The van der Waals surface area contributed by atoms with Crippen LogP contribution in [0, 0.1) is 0 Å². The van der Waals surface area contributed by atoms with E-state index in [9.17, 15) is 9.59 Å². The van der Waals surface area contributed by atoms with Gasteiger partial charge >= 0.3 is 12.1 Å². The molecule has 0 heterocycles. The molecule has 5 nitrogen and oxygen atoms in total. The van der Waals surface area contributed by atoms with Crippen LogP contribution < -0.4 is 5.32 Å². The van der Waals surface area contributed by atoms with E-state index in [1.807, 2.05) is 22.6 Å². The first-order valence-corrected chi connectivity index (χ1v) is 7.36. The van der Waals surface area contributed by atoms with E-state index in [4.69, 9.17) is 9.47 Å². The van der Waals surface area contributed by atoms with Crippen LogP contribution in [0.2, 0.25) is 0 Å². The van der Waals surface area contributed by atoms with E-state index >= 15 is 0 Å². The van der Waals surface area contributed by atoms with Crippen molar-refractivity contribution in [1.29, 1.82) is 0 Å². The van der Waals surface area contributed by atoms with Crippen LogP contribution in [0.4, 0.5) is 4.79 Å². The third-order valence-corrected chi connectivity index (χ3v) is 3.26. The molecule has 104 valence electrons. The molecule has 1 rings (SSSR count). The number of hydrogen-bond acceptors (Lipinski definition) is 4.